The van der Waals surface area contributed by atoms with Crippen LogP contribution in [-0.2, 0) is 4.79 Å². The molecule has 3 atom stereocenters. The van der Waals surface area contributed by atoms with Crippen molar-refractivity contribution in [2.75, 3.05) is 13.1 Å². The number of halogens is 2. The molecule has 1 aromatic heterocycles. The summed E-state index contributed by atoms with van der Waals surface area (Å²) >= 11 is 0. The van der Waals surface area contributed by atoms with Crippen molar-refractivity contribution < 1.29 is 9.53 Å². The van der Waals surface area contributed by atoms with Gasteiger partial charge in [0.1, 0.15) is 5.75 Å². The van der Waals surface area contributed by atoms with E-state index in [1.165, 1.54) is 0 Å². The summed E-state index contributed by atoms with van der Waals surface area (Å²) in [5.41, 5.74) is 0. The lowest BCUT2D eigenvalue weighted by atomic mass is 10.1. The number of amides is 1. The fourth-order valence-electron chi connectivity index (χ4n) is 3.22. The number of nitrogens with one attached hydrogen (secondary N) is 1. The number of fused-ring (bicyclic) bond motifs is 2. The molecule has 1 amide bonds. The van der Waals surface area contributed by atoms with Crippen LogP contribution in [0.3, 0.4) is 0 Å². The van der Waals surface area contributed by atoms with Gasteiger partial charge in [-0.05, 0) is 44.9 Å². The molecule has 2 aliphatic heterocycles. The third-order valence-electron chi connectivity index (χ3n) is 4.20. The molecule has 0 aliphatic carbocycles. The van der Waals surface area contributed by atoms with Crippen molar-refractivity contribution in [2.24, 2.45) is 0 Å². The quantitative estimate of drug-likeness (QED) is 0.908. The van der Waals surface area contributed by atoms with Crippen molar-refractivity contribution in [3.8, 4) is 5.75 Å². The van der Waals surface area contributed by atoms with Gasteiger partial charge in [-0.2, -0.15) is 0 Å². The first kappa shape index (κ1) is 19.0. The zero-order chi connectivity index (χ0) is 13.9. The van der Waals surface area contributed by atoms with Crippen LogP contribution < -0.4 is 10.1 Å². The Kier molecular flexibility index (Phi) is 7.39. The number of ether oxygens (including phenoxy) is 1. The van der Waals surface area contributed by atoms with Crippen LogP contribution in [0.25, 0.3) is 0 Å². The molecule has 7 heteroatoms. The van der Waals surface area contributed by atoms with Gasteiger partial charge >= 0.3 is 0 Å². The van der Waals surface area contributed by atoms with Gasteiger partial charge in [0.25, 0.3) is 5.91 Å². The summed E-state index contributed by atoms with van der Waals surface area (Å²) in [7, 11) is 0. The molecule has 5 nitrogen and oxygen atoms in total. The van der Waals surface area contributed by atoms with E-state index in [-0.39, 0.29) is 30.7 Å². The lowest BCUT2D eigenvalue weighted by Crippen LogP contribution is -2.48. The molecule has 1 N–H and O–H groups in total. The number of pyridine rings is 1. The molecule has 3 heterocycles. The lowest BCUT2D eigenvalue weighted by Gasteiger charge is -2.30. The molecule has 1 aromatic rings. The Balaban J connectivity index is 0.00000121. The summed E-state index contributed by atoms with van der Waals surface area (Å²) < 4.78 is 5.72. The number of nitrogens with zero attached hydrogens (tertiary/aromatic N) is 2. The zero-order valence-corrected chi connectivity index (χ0v) is 14.2. The van der Waals surface area contributed by atoms with Crippen LogP contribution in [0.2, 0.25) is 0 Å². The Bertz CT molecular complexity index is 461. The highest BCUT2D eigenvalue weighted by atomic mass is 35.5. The van der Waals surface area contributed by atoms with E-state index < -0.39 is 6.10 Å². The molecule has 3 rings (SSSR count). The molecule has 2 fully saturated rings. The molecule has 0 aromatic carbocycles. The van der Waals surface area contributed by atoms with Crippen LogP contribution in [-0.4, -0.2) is 47.1 Å². The van der Waals surface area contributed by atoms with Gasteiger partial charge < -0.3 is 15.0 Å². The van der Waals surface area contributed by atoms with E-state index >= 15 is 0 Å². The summed E-state index contributed by atoms with van der Waals surface area (Å²) in [6.45, 7) is 3.73. The Morgan fingerprint density at radius 1 is 1.36 bits per heavy atom. The van der Waals surface area contributed by atoms with Crippen molar-refractivity contribution in [2.45, 2.75) is 44.4 Å². The summed E-state index contributed by atoms with van der Waals surface area (Å²) in [5.74, 6) is 0.749. The standard InChI is InChI=1S/C15H21N3O2.2ClH/c1-11(20-14-3-2-7-16-10-14)15(19)18-12-4-5-13(18)9-17-8-6-12;;/h2-3,7,10-13,17H,4-6,8-9H2,1H3;2*1H. The number of carbonyl (C=O) groups is 1. The molecule has 0 saturated carbocycles. The third kappa shape index (κ3) is 4.03. The maximum absolute atomic E-state index is 12.7. The molecule has 2 bridgehead atoms. The molecular formula is C15H23Cl2N3O2. The van der Waals surface area contributed by atoms with E-state index in [0.29, 0.717) is 17.8 Å². The van der Waals surface area contributed by atoms with Gasteiger partial charge in [0.2, 0.25) is 0 Å². The fourth-order valence-corrected chi connectivity index (χ4v) is 3.22. The van der Waals surface area contributed by atoms with Gasteiger partial charge in [0, 0.05) is 24.8 Å². The average Bonchev–Trinajstić information content (AvgIpc) is 2.72. The minimum absolute atomic E-state index is 0. The minimum Gasteiger partial charge on any atom is -0.479 e. The molecular weight excluding hydrogens is 325 g/mol. The van der Waals surface area contributed by atoms with E-state index in [2.05, 4.69) is 15.2 Å². The molecule has 2 aliphatic rings. The van der Waals surface area contributed by atoms with Crippen molar-refractivity contribution in [1.29, 1.82) is 0 Å². The minimum atomic E-state index is -0.458. The number of hydrogen-bond acceptors (Lipinski definition) is 4. The van der Waals surface area contributed by atoms with E-state index in [4.69, 9.17) is 4.74 Å². The van der Waals surface area contributed by atoms with Crippen LogP contribution in [0.15, 0.2) is 24.5 Å². The Labute approximate surface area is 143 Å². The first-order chi connectivity index (χ1) is 9.75. The third-order valence-corrected chi connectivity index (χ3v) is 4.20. The average molecular weight is 348 g/mol. The summed E-state index contributed by atoms with van der Waals surface area (Å²) in [4.78, 5) is 18.7. The number of carbonyl (C=O) groups excluding carboxylic acids is 1. The molecule has 0 radical (unpaired) electrons. The van der Waals surface area contributed by atoms with Crippen LogP contribution in [0.5, 0.6) is 5.75 Å². The van der Waals surface area contributed by atoms with Crippen molar-refractivity contribution in [3.05, 3.63) is 24.5 Å². The first-order valence-electron chi connectivity index (χ1n) is 7.35. The highest BCUT2D eigenvalue weighted by Crippen LogP contribution is 2.29. The topological polar surface area (TPSA) is 54.5 Å². The fraction of sp³-hybridized carbons (Fsp3) is 0.600. The number of aromatic nitrogens is 1. The zero-order valence-electron chi connectivity index (χ0n) is 12.6. The lowest BCUT2D eigenvalue weighted by molar-refractivity contribution is -0.140. The maximum atomic E-state index is 12.7. The van der Waals surface area contributed by atoms with Gasteiger partial charge in [-0.3, -0.25) is 9.78 Å². The van der Waals surface area contributed by atoms with E-state index in [1.807, 2.05) is 19.1 Å². The predicted octanol–water partition coefficient (Wildman–Crippen LogP) is 2.05. The van der Waals surface area contributed by atoms with Crippen molar-refractivity contribution in [1.82, 2.24) is 15.2 Å². The smallest absolute Gasteiger partial charge is 0.263 e. The van der Waals surface area contributed by atoms with Crippen LogP contribution in [0.1, 0.15) is 26.2 Å². The summed E-state index contributed by atoms with van der Waals surface area (Å²) in [6.07, 6.45) is 6.14. The van der Waals surface area contributed by atoms with Crippen LogP contribution in [0, 0.1) is 0 Å². The van der Waals surface area contributed by atoms with Gasteiger partial charge in [-0.1, -0.05) is 0 Å². The molecule has 124 valence electrons. The highest BCUT2D eigenvalue weighted by Gasteiger charge is 2.40. The Morgan fingerprint density at radius 3 is 2.86 bits per heavy atom. The Hall–Kier alpha value is -1.04. The van der Waals surface area contributed by atoms with Gasteiger partial charge in [0.05, 0.1) is 6.20 Å². The second-order valence-electron chi connectivity index (χ2n) is 5.57. The van der Waals surface area contributed by atoms with E-state index in [1.54, 1.807) is 12.4 Å². The second kappa shape index (κ2) is 8.56. The normalized spacial score (nSPS) is 24.5. The second-order valence-corrected chi connectivity index (χ2v) is 5.57. The Morgan fingerprint density at radius 2 is 2.14 bits per heavy atom. The largest absolute Gasteiger partial charge is 0.479 e. The summed E-state index contributed by atoms with van der Waals surface area (Å²) in [5, 5.41) is 3.41. The SMILES string of the molecule is CC(Oc1cccnc1)C(=O)N1C2CCNCC1CC2.Cl.Cl. The van der Waals surface area contributed by atoms with Crippen LogP contribution in [0.4, 0.5) is 0 Å². The van der Waals surface area contributed by atoms with Crippen molar-refractivity contribution >= 4 is 30.7 Å². The first-order valence-corrected chi connectivity index (χ1v) is 7.35. The predicted molar refractivity (Wildman–Crippen MR) is 90.0 cm³/mol. The summed E-state index contributed by atoms with van der Waals surface area (Å²) in [6, 6.07) is 4.35. The monoisotopic (exact) mass is 347 g/mol. The maximum Gasteiger partial charge on any atom is 0.263 e. The molecule has 2 saturated heterocycles. The number of rotatable bonds is 3. The van der Waals surface area contributed by atoms with E-state index in [9.17, 15) is 4.79 Å². The highest BCUT2D eigenvalue weighted by molar-refractivity contribution is 5.85. The molecule has 22 heavy (non-hydrogen) atoms. The van der Waals surface area contributed by atoms with Gasteiger partial charge in [-0.15, -0.1) is 24.8 Å². The van der Waals surface area contributed by atoms with Gasteiger partial charge in [0.15, 0.2) is 6.10 Å². The number of hydrogen-bond donors (Lipinski definition) is 1. The van der Waals surface area contributed by atoms with Crippen LogP contribution >= 0.6 is 24.8 Å². The van der Waals surface area contributed by atoms with E-state index in [0.717, 1.165) is 32.4 Å². The van der Waals surface area contributed by atoms with Gasteiger partial charge in [-0.25, -0.2) is 0 Å². The van der Waals surface area contributed by atoms with Crippen molar-refractivity contribution in [3.63, 3.8) is 0 Å². The molecule has 3 unspecified atom stereocenters. The molecule has 0 spiro atoms.